The van der Waals surface area contributed by atoms with E-state index in [4.69, 9.17) is 11.6 Å². The maximum Gasteiger partial charge on any atom is 0.235 e. The molecule has 4 aromatic heterocycles. The number of nitrogens with one attached hydrogen (secondary N) is 5. The number of hydrogen-bond acceptors (Lipinski definition) is 12. The van der Waals surface area contributed by atoms with Gasteiger partial charge < -0.3 is 26.6 Å². The Morgan fingerprint density at radius 3 is 1.57 bits per heavy atom. The molecule has 15 heteroatoms. The number of aromatic nitrogens is 4. The number of carbonyl (C=O) groups is 2. The quantitative estimate of drug-likeness (QED) is 0.0712. The molecule has 12 nitrogen and oxygen atoms in total. The molecule has 2 fully saturated rings. The van der Waals surface area contributed by atoms with E-state index in [0.29, 0.717) is 43.8 Å². The summed E-state index contributed by atoms with van der Waals surface area (Å²) in [5, 5.41) is 19.1. The van der Waals surface area contributed by atoms with Crippen LogP contribution in [0.5, 0.6) is 0 Å². The van der Waals surface area contributed by atoms with Crippen LogP contribution in [0.4, 0.5) is 11.6 Å². The van der Waals surface area contributed by atoms with Crippen molar-refractivity contribution in [1.29, 1.82) is 0 Å². The van der Waals surface area contributed by atoms with Crippen molar-refractivity contribution in [2.24, 2.45) is 0 Å². The summed E-state index contributed by atoms with van der Waals surface area (Å²) in [7, 11) is 4.14. The number of thiophene rings is 2. The fraction of sp³-hybridized carbons (Fsp3) is 0.480. The summed E-state index contributed by atoms with van der Waals surface area (Å²) in [6.45, 7) is 1.58. The number of halogens is 1. The summed E-state index contributed by atoms with van der Waals surface area (Å²) in [4.78, 5) is 48.8. The number of rotatable bonds is 13. The average molecular weight is 936 g/mol. The molecule has 6 aromatic rings. The van der Waals surface area contributed by atoms with Gasteiger partial charge in [0.25, 0.3) is 0 Å². The minimum atomic E-state index is -0.138. The lowest BCUT2D eigenvalue weighted by atomic mass is 9.90. The van der Waals surface area contributed by atoms with E-state index in [9.17, 15) is 9.59 Å². The molecule has 0 bridgehead atoms. The van der Waals surface area contributed by atoms with Crippen LogP contribution in [0.15, 0.2) is 73.3 Å². The van der Waals surface area contributed by atoms with Crippen molar-refractivity contribution < 1.29 is 9.59 Å². The number of alkyl halides is 1. The molecule has 2 amide bonds. The van der Waals surface area contributed by atoms with Crippen LogP contribution in [0.25, 0.3) is 20.4 Å². The van der Waals surface area contributed by atoms with Crippen molar-refractivity contribution in [3.8, 4) is 0 Å². The molecule has 0 unspecified atom stereocenters. The summed E-state index contributed by atoms with van der Waals surface area (Å²) in [5.41, 5.74) is 5.20. The molecule has 4 aliphatic rings. The first-order valence-electron chi connectivity index (χ1n) is 23.4. The summed E-state index contributed by atoms with van der Waals surface area (Å²) in [6.07, 6.45) is 20.1. The van der Waals surface area contributed by atoms with Gasteiger partial charge in [-0.1, -0.05) is 60.7 Å². The Morgan fingerprint density at radius 1 is 0.631 bits per heavy atom. The van der Waals surface area contributed by atoms with Gasteiger partial charge in [0.1, 0.15) is 39.8 Å². The second kappa shape index (κ2) is 23.1. The zero-order valence-corrected chi connectivity index (χ0v) is 40.1. The predicted molar refractivity (Wildman–Crippen MR) is 267 cm³/mol. The third-order valence-electron chi connectivity index (χ3n) is 13.3. The number of aryl methyl sites for hydroxylation is 4. The number of amides is 2. The lowest BCUT2D eigenvalue weighted by Gasteiger charge is -2.34. The van der Waals surface area contributed by atoms with Crippen molar-refractivity contribution in [3.63, 3.8) is 0 Å². The van der Waals surface area contributed by atoms with Crippen molar-refractivity contribution >= 4 is 78.2 Å². The van der Waals surface area contributed by atoms with E-state index in [-0.39, 0.29) is 17.7 Å². The zero-order chi connectivity index (χ0) is 45.0. The Labute approximate surface area is 396 Å². The van der Waals surface area contributed by atoms with Gasteiger partial charge in [0.05, 0.1) is 17.3 Å². The maximum absolute atomic E-state index is 12.4. The number of carbonyl (C=O) groups excluding carboxylic acids is 2. The Balaban J connectivity index is 0.000000149. The van der Waals surface area contributed by atoms with Crippen LogP contribution in [0.2, 0.25) is 0 Å². The average Bonchev–Trinajstić information content (AvgIpc) is 4.15. The molecule has 0 spiro atoms. The number of fused-ring (bicyclic) bond motifs is 6. The van der Waals surface area contributed by atoms with Crippen LogP contribution in [0.1, 0.15) is 96.2 Å². The number of benzene rings is 2. The third-order valence-corrected chi connectivity index (χ3v) is 16.0. The molecule has 2 saturated carbocycles. The number of anilines is 2. The first-order chi connectivity index (χ1) is 31.8. The van der Waals surface area contributed by atoms with Gasteiger partial charge in [-0.2, -0.15) is 0 Å². The largest absolute Gasteiger partial charge is 0.367 e. The summed E-state index contributed by atoms with van der Waals surface area (Å²) in [6, 6.07) is 21.9. The Bertz CT molecular complexity index is 2470. The molecule has 344 valence electrons. The fourth-order valence-electron chi connectivity index (χ4n) is 9.70. The summed E-state index contributed by atoms with van der Waals surface area (Å²) in [5.74, 6) is 2.07. The maximum atomic E-state index is 12.4. The Morgan fingerprint density at radius 2 is 1.09 bits per heavy atom. The van der Waals surface area contributed by atoms with Crippen LogP contribution in [0, 0.1) is 0 Å². The first kappa shape index (κ1) is 46.8. The minimum absolute atomic E-state index is 0.0207. The van der Waals surface area contributed by atoms with E-state index in [2.05, 4.69) is 65.5 Å². The highest BCUT2D eigenvalue weighted by Crippen LogP contribution is 2.41. The highest BCUT2D eigenvalue weighted by Gasteiger charge is 2.28. The number of nitrogens with zero attached hydrogens (tertiary/aromatic N) is 5. The monoisotopic (exact) mass is 934 g/mol. The van der Waals surface area contributed by atoms with Crippen molar-refractivity contribution in [1.82, 2.24) is 40.8 Å². The van der Waals surface area contributed by atoms with Gasteiger partial charge in [-0.3, -0.25) is 14.5 Å². The molecule has 65 heavy (non-hydrogen) atoms. The Hall–Kier alpha value is -4.73. The van der Waals surface area contributed by atoms with Gasteiger partial charge in [-0.05, 0) is 126 Å². The molecule has 0 saturated heterocycles. The molecule has 0 aliphatic heterocycles. The smallest absolute Gasteiger partial charge is 0.235 e. The van der Waals surface area contributed by atoms with Gasteiger partial charge in [-0.15, -0.1) is 34.3 Å². The Kier molecular flexibility index (Phi) is 16.7. The standard InChI is InChI=1S/C25H31N5OS.C16H22N4S.C9H10ClNO/c1-30(15-22(31)26-14-17-6-3-2-4-7-17)19-12-10-18(11-13-19)29-24-23-20-8-5-9-21(20)32-25(23)28-16-27-24;1-17-10-5-7-11(8-6-10)20-15-14-12-3-2-4-13(12)21-16(14)19-9-18-15;10-6-9(12)11-7-8-4-2-1-3-5-8/h2-4,6-7,16,18-19H,5,8-15H2,1H3,(H,26,31)(H,27,28,29);9-11,17H,2-8H2,1H3,(H,18,19,20);1-5H,6-7H2,(H,11,12). The van der Waals surface area contributed by atoms with E-state index in [1.54, 1.807) is 12.7 Å². The van der Waals surface area contributed by atoms with Crippen LogP contribution in [0.3, 0.4) is 0 Å². The molecule has 10 rings (SSSR count). The lowest BCUT2D eigenvalue weighted by molar-refractivity contribution is -0.122. The van der Waals surface area contributed by atoms with Crippen LogP contribution < -0.4 is 26.6 Å². The third kappa shape index (κ3) is 12.4. The molecule has 0 atom stereocenters. The molecule has 2 aromatic carbocycles. The predicted octanol–water partition coefficient (Wildman–Crippen LogP) is 8.82. The fourth-order valence-corrected chi connectivity index (χ4v) is 12.3. The zero-order valence-electron chi connectivity index (χ0n) is 37.7. The van der Waals surface area contributed by atoms with E-state index in [1.165, 1.54) is 94.3 Å². The van der Waals surface area contributed by atoms with Crippen molar-refractivity contribution in [2.75, 3.05) is 37.2 Å². The van der Waals surface area contributed by atoms with E-state index in [0.717, 1.165) is 59.7 Å². The van der Waals surface area contributed by atoms with Gasteiger partial charge in [0.2, 0.25) is 11.8 Å². The summed E-state index contributed by atoms with van der Waals surface area (Å²) < 4.78 is 0. The number of hydrogen-bond donors (Lipinski definition) is 5. The highest BCUT2D eigenvalue weighted by atomic mass is 35.5. The molecule has 0 radical (unpaired) electrons. The topological polar surface area (TPSA) is 149 Å². The molecule has 4 aliphatic carbocycles. The van der Waals surface area contributed by atoms with E-state index >= 15 is 0 Å². The van der Waals surface area contributed by atoms with Gasteiger partial charge in [0, 0.05) is 47.0 Å². The lowest BCUT2D eigenvalue weighted by Crippen LogP contribution is -2.43. The van der Waals surface area contributed by atoms with Crippen molar-refractivity contribution in [3.05, 3.63) is 105 Å². The van der Waals surface area contributed by atoms with Gasteiger partial charge >= 0.3 is 0 Å². The van der Waals surface area contributed by atoms with Crippen LogP contribution >= 0.6 is 34.3 Å². The highest BCUT2D eigenvalue weighted by molar-refractivity contribution is 7.19. The number of likely N-dealkylation sites (N-methyl/N-ethyl adjacent to an activating group) is 1. The SMILES string of the molecule is CN(CC(=O)NCc1ccccc1)C1CCC(Nc2ncnc3sc4c(c23)CCC4)CC1.CNC1CCC(Nc2ncnc3sc4c(c23)CCC4)CC1.O=C(CCl)NCc1ccccc1. The van der Waals surface area contributed by atoms with Gasteiger partial charge in [0.15, 0.2) is 0 Å². The second-order valence-electron chi connectivity index (χ2n) is 17.7. The van der Waals surface area contributed by atoms with Crippen LogP contribution in [-0.4, -0.2) is 87.3 Å². The first-order valence-corrected chi connectivity index (χ1v) is 25.6. The molecular formula is C50H63ClN10O2S2. The van der Waals surface area contributed by atoms with Crippen molar-refractivity contribution in [2.45, 2.75) is 127 Å². The van der Waals surface area contributed by atoms with E-state index in [1.807, 2.05) is 83.3 Å². The summed E-state index contributed by atoms with van der Waals surface area (Å²) >= 11 is 9.01. The molecule has 5 N–H and O–H groups in total. The molecular weight excluding hydrogens is 872 g/mol. The molecule has 4 heterocycles. The van der Waals surface area contributed by atoms with E-state index < -0.39 is 0 Å². The van der Waals surface area contributed by atoms with Crippen LogP contribution in [-0.2, 0) is 48.4 Å². The second-order valence-corrected chi connectivity index (χ2v) is 20.2. The normalized spacial score (nSPS) is 19.9. The van der Waals surface area contributed by atoms with Gasteiger partial charge in [-0.25, -0.2) is 19.9 Å². The minimum Gasteiger partial charge on any atom is -0.367 e.